The maximum Gasteiger partial charge on any atom is 0.220 e. The van der Waals surface area contributed by atoms with Crippen LogP contribution in [0.15, 0.2) is 36.5 Å². The number of nitrogens with one attached hydrogen (secondary N) is 1. The summed E-state index contributed by atoms with van der Waals surface area (Å²) in [5, 5.41) is 23.2. The normalized spacial score (nSPS) is 12.9. The van der Waals surface area contributed by atoms with Crippen LogP contribution in [0.4, 0.5) is 0 Å². The summed E-state index contributed by atoms with van der Waals surface area (Å²) < 4.78 is 0. The van der Waals surface area contributed by atoms with Gasteiger partial charge in [0.05, 0.1) is 18.8 Å². The van der Waals surface area contributed by atoms with E-state index in [1.807, 2.05) is 6.08 Å². The number of unbranched alkanes of at least 4 members (excludes halogenated alkanes) is 52. The average Bonchev–Trinajstić information content (AvgIpc) is 3.40. The van der Waals surface area contributed by atoms with Gasteiger partial charge in [-0.1, -0.05) is 365 Å². The minimum absolute atomic E-state index is 0.0701. The van der Waals surface area contributed by atoms with E-state index in [4.69, 9.17) is 0 Å². The van der Waals surface area contributed by atoms with Crippen LogP contribution in [0.3, 0.4) is 0 Å². The van der Waals surface area contributed by atoms with E-state index in [0.29, 0.717) is 6.42 Å². The van der Waals surface area contributed by atoms with Crippen LogP contribution < -0.4 is 5.32 Å². The van der Waals surface area contributed by atoms with Crippen LogP contribution in [0, 0.1) is 0 Å². The Morgan fingerprint density at radius 3 is 0.795 bits per heavy atom. The predicted molar refractivity (Wildman–Crippen MR) is 327 cm³/mol. The van der Waals surface area contributed by atoms with Crippen molar-refractivity contribution >= 4 is 5.91 Å². The maximum atomic E-state index is 12.5. The topological polar surface area (TPSA) is 69.6 Å². The Labute approximate surface area is 459 Å². The van der Waals surface area contributed by atoms with Gasteiger partial charge in [-0.05, 0) is 44.9 Å². The number of hydrogen-bond donors (Lipinski definition) is 3. The van der Waals surface area contributed by atoms with Gasteiger partial charge in [0, 0.05) is 6.42 Å². The Hall–Kier alpha value is -1.39. The molecular formula is C69H133NO3. The molecule has 0 aromatic heterocycles. The highest BCUT2D eigenvalue weighted by molar-refractivity contribution is 5.76. The van der Waals surface area contributed by atoms with Gasteiger partial charge in [0.15, 0.2) is 0 Å². The molecule has 0 bridgehead atoms. The third-order valence-corrected chi connectivity index (χ3v) is 15.9. The molecule has 4 heteroatoms. The lowest BCUT2D eigenvalue weighted by Gasteiger charge is -2.19. The van der Waals surface area contributed by atoms with Crippen LogP contribution in [0.2, 0.25) is 0 Å². The van der Waals surface area contributed by atoms with Crippen LogP contribution in [0.25, 0.3) is 0 Å². The number of aliphatic hydroxyl groups is 2. The lowest BCUT2D eigenvalue weighted by molar-refractivity contribution is -0.123. The van der Waals surface area contributed by atoms with E-state index in [0.717, 1.165) is 38.5 Å². The molecule has 0 aromatic rings. The summed E-state index contributed by atoms with van der Waals surface area (Å²) in [6.45, 7) is 4.34. The average molecular weight is 1020 g/mol. The highest BCUT2D eigenvalue weighted by Gasteiger charge is 2.18. The molecule has 4 nitrogen and oxygen atoms in total. The molecule has 0 aliphatic heterocycles. The number of aliphatic hydroxyl groups excluding tert-OH is 2. The van der Waals surface area contributed by atoms with E-state index >= 15 is 0 Å². The molecule has 0 saturated heterocycles. The molecule has 0 heterocycles. The molecule has 0 aliphatic carbocycles. The third kappa shape index (κ3) is 61.3. The molecule has 0 rings (SSSR count). The molecule has 0 radical (unpaired) electrons. The summed E-state index contributed by atoms with van der Waals surface area (Å²) >= 11 is 0. The first-order chi connectivity index (χ1) is 36.2. The van der Waals surface area contributed by atoms with Crippen molar-refractivity contribution in [2.45, 2.75) is 392 Å². The third-order valence-electron chi connectivity index (χ3n) is 15.9. The molecule has 0 fully saturated rings. The SMILES string of the molecule is CCCCCCCCCCCCCCC/C=C/CC/C=C/CC/C=C/C(O)C(CO)NC(=O)CCCCCCCCCCCCCCCCCCCCCCCCCCCCCCCCCCCCCCCC. The van der Waals surface area contributed by atoms with Gasteiger partial charge in [-0.2, -0.15) is 0 Å². The number of carbonyl (C=O) groups is 1. The van der Waals surface area contributed by atoms with Gasteiger partial charge in [0.1, 0.15) is 0 Å². The molecule has 0 spiro atoms. The Bertz CT molecular complexity index is 1110. The summed E-state index contributed by atoms with van der Waals surface area (Å²) in [6.07, 6.45) is 89.5. The number of hydrogen-bond acceptors (Lipinski definition) is 3. The summed E-state index contributed by atoms with van der Waals surface area (Å²) in [5.41, 5.74) is 0. The molecule has 1 amide bonds. The molecule has 2 unspecified atom stereocenters. The van der Waals surface area contributed by atoms with Crippen LogP contribution in [0.5, 0.6) is 0 Å². The van der Waals surface area contributed by atoms with Crippen molar-refractivity contribution in [3.63, 3.8) is 0 Å². The fourth-order valence-electron chi connectivity index (χ4n) is 10.7. The fourth-order valence-corrected chi connectivity index (χ4v) is 10.7. The van der Waals surface area contributed by atoms with Gasteiger partial charge < -0.3 is 15.5 Å². The molecule has 73 heavy (non-hydrogen) atoms. The maximum absolute atomic E-state index is 12.5. The summed E-state index contributed by atoms with van der Waals surface area (Å²) in [7, 11) is 0. The minimum Gasteiger partial charge on any atom is -0.394 e. The second-order valence-electron chi connectivity index (χ2n) is 23.2. The van der Waals surface area contributed by atoms with Gasteiger partial charge in [0.2, 0.25) is 5.91 Å². The first-order valence-electron chi connectivity index (χ1n) is 33.7. The van der Waals surface area contributed by atoms with E-state index < -0.39 is 12.1 Å². The molecule has 0 aliphatic rings. The Balaban J connectivity index is 3.42. The van der Waals surface area contributed by atoms with Crippen molar-refractivity contribution in [2.24, 2.45) is 0 Å². The van der Waals surface area contributed by atoms with Gasteiger partial charge >= 0.3 is 0 Å². The lowest BCUT2D eigenvalue weighted by atomic mass is 10.0. The first-order valence-corrected chi connectivity index (χ1v) is 33.7. The van der Waals surface area contributed by atoms with Crippen molar-refractivity contribution in [3.8, 4) is 0 Å². The summed E-state index contributed by atoms with van der Waals surface area (Å²) in [4.78, 5) is 12.5. The van der Waals surface area contributed by atoms with Crippen molar-refractivity contribution < 1.29 is 15.0 Å². The van der Waals surface area contributed by atoms with Crippen molar-refractivity contribution in [1.82, 2.24) is 5.32 Å². The van der Waals surface area contributed by atoms with Crippen molar-refractivity contribution in [3.05, 3.63) is 36.5 Å². The fraction of sp³-hybridized carbons (Fsp3) is 0.899. The molecule has 432 valence electrons. The van der Waals surface area contributed by atoms with Gasteiger partial charge in [-0.3, -0.25) is 4.79 Å². The summed E-state index contributed by atoms with van der Waals surface area (Å²) in [5.74, 6) is -0.0701. The molecule has 0 aromatic carbocycles. The van der Waals surface area contributed by atoms with E-state index in [1.165, 1.54) is 321 Å². The zero-order chi connectivity index (χ0) is 52.7. The van der Waals surface area contributed by atoms with E-state index in [-0.39, 0.29) is 12.5 Å². The van der Waals surface area contributed by atoms with E-state index in [2.05, 4.69) is 43.5 Å². The van der Waals surface area contributed by atoms with E-state index in [1.54, 1.807) is 6.08 Å². The Morgan fingerprint density at radius 1 is 0.315 bits per heavy atom. The number of amides is 1. The standard InChI is InChI=1S/C69H133NO3/c1-3-5-7-9-11-13-15-17-19-21-23-25-27-28-29-30-31-32-33-34-35-36-37-38-39-40-41-43-45-47-49-51-53-55-57-59-61-63-65-69(73)70-67(66-71)68(72)64-62-60-58-56-54-52-50-48-46-44-42-26-24-22-20-18-16-14-12-10-8-6-4-2/h46,48,54,56,62,64,67-68,71-72H,3-45,47,49-53,55,57-61,63,65-66H2,1-2H3,(H,70,73)/b48-46+,56-54+,64-62+. The zero-order valence-corrected chi connectivity index (χ0v) is 49.9. The highest BCUT2D eigenvalue weighted by Crippen LogP contribution is 2.19. The quantitative estimate of drug-likeness (QED) is 0.0420. The van der Waals surface area contributed by atoms with Gasteiger partial charge in [-0.25, -0.2) is 0 Å². The Morgan fingerprint density at radius 2 is 0.534 bits per heavy atom. The second kappa shape index (κ2) is 64.9. The van der Waals surface area contributed by atoms with E-state index in [9.17, 15) is 15.0 Å². The molecule has 3 N–H and O–H groups in total. The van der Waals surface area contributed by atoms with Gasteiger partial charge in [0.25, 0.3) is 0 Å². The number of allylic oxidation sites excluding steroid dienone is 5. The molecule has 0 saturated carbocycles. The van der Waals surface area contributed by atoms with Crippen LogP contribution >= 0.6 is 0 Å². The van der Waals surface area contributed by atoms with Crippen LogP contribution in [0.1, 0.15) is 380 Å². The predicted octanol–water partition coefficient (Wildman–Crippen LogP) is 22.8. The monoisotopic (exact) mass is 1020 g/mol. The largest absolute Gasteiger partial charge is 0.394 e. The first kappa shape index (κ1) is 71.6. The summed E-state index contributed by atoms with van der Waals surface area (Å²) in [6, 6.07) is -0.645. The highest BCUT2D eigenvalue weighted by atomic mass is 16.3. The van der Waals surface area contributed by atoms with Crippen molar-refractivity contribution in [2.75, 3.05) is 6.61 Å². The molecular weight excluding hydrogens is 891 g/mol. The van der Waals surface area contributed by atoms with Crippen LogP contribution in [-0.4, -0.2) is 34.9 Å². The smallest absolute Gasteiger partial charge is 0.220 e. The molecule has 2 atom stereocenters. The lowest BCUT2D eigenvalue weighted by Crippen LogP contribution is -2.45. The number of rotatable bonds is 63. The number of carbonyl (C=O) groups excluding carboxylic acids is 1. The Kier molecular flexibility index (Phi) is 63.7. The van der Waals surface area contributed by atoms with Crippen molar-refractivity contribution in [1.29, 1.82) is 0 Å². The zero-order valence-electron chi connectivity index (χ0n) is 49.9. The minimum atomic E-state index is -0.870. The van der Waals surface area contributed by atoms with Crippen LogP contribution in [-0.2, 0) is 4.79 Å². The second-order valence-corrected chi connectivity index (χ2v) is 23.2. The van der Waals surface area contributed by atoms with Gasteiger partial charge in [-0.15, -0.1) is 0 Å².